The van der Waals surface area contributed by atoms with Crippen molar-refractivity contribution in [1.82, 2.24) is 15.5 Å². The molecule has 1 aliphatic heterocycles. The molecule has 0 bridgehead atoms. The molecule has 0 aliphatic carbocycles. The molecule has 6 heteroatoms. The maximum Gasteiger partial charge on any atom is 0.321 e. The number of aliphatic hydroxyl groups excluding tert-OH is 1. The summed E-state index contributed by atoms with van der Waals surface area (Å²) in [6, 6.07) is -0.897. The van der Waals surface area contributed by atoms with E-state index in [1.807, 2.05) is 4.90 Å². The summed E-state index contributed by atoms with van der Waals surface area (Å²) in [6.45, 7) is 2.89. The summed E-state index contributed by atoms with van der Waals surface area (Å²) < 4.78 is 0. The number of hydrogen-bond acceptors (Lipinski definition) is 4. The molecule has 1 aliphatic rings. The fourth-order valence-corrected chi connectivity index (χ4v) is 1.56. The normalized spacial score (nSPS) is 23.5. The first-order valence-corrected chi connectivity index (χ1v) is 4.99. The zero-order valence-corrected chi connectivity index (χ0v) is 8.99. The molecule has 6 nitrogen and oxygen atoms in total. The highest BCUT2D eigenvalue weighted by atomic mass is 16.3. The number of nitrogens with one attached hydrogen (secondary N) is 2. The van der Waals surface area contributed by atoms with Gasteiger partial charge in [-0.25, -0.2) is 4.79 Å². The Labute approximate surface area is 88.6 Å². The Bertz CT molecular complexity index is 257. The van der Waals surface area contributed by atoms with Crippen molar-refractivity contribution in [3.05, 3.63) is 0 Å². The van der Waals surface area contributed by atoms with Crippen molar-refractivity contribution >= 4 is 11.9 Å². The van der Waals surface area contributed by atoms with Gasteiger partial charge in [0, 0.05) is 20.1 Å². The van der Waals surface area contributed by atoms with Gasteiger partial charge in [0.15, 0.2) is 0 Å². The number of carbonyl (C=O) groups excluding carboxylic acids is 2. The number of carbonyl (C=O) groups is 2. The van der Waals surface area contributed by atoms with Crippen LogP contribution in [-0.4, -0.2) is 54.2 Å². The number of imide groups is 1. The van der Waals surface area contributed by atoms with E-state index in [0.717, 1.165) is 0 Å². The average Bonchev–Trinajstić information content (AvgIpc) is 2.63. The van der Waals surface area contributed by atoms with Gasteiger partial charge in [-0.3, -0.25) is 15.0 Å². The highest BCUT2D eigenvalue weighted by Crippen LogP contribution is 2.12. The lowest BCUT2D eigenvalue weighted by molar-refractivity contribution is -0.124. The van der Waals surface area contributed by atoms with E-state index in [4.69, 9.17) is 0 Å². The molecule has 0 aromatic carbocycles. The Balaban J connectivity index is 2.42. The molecular formula is C9H17N3O3. The van der Waals surface area contributed by atoms with Crippen LogP contribution in [0.2, 0.25) is 0 Å². The molecule has 15 heavy (non-hydrogen) atoms. The molecule has 0 spiro atoms. The first-order valence-electron chi connectivity index (χ1n) is 4.99. The number of β-amino-alcohol motifs (C(OH)–C–C–N with tert-alkyl or cyclic N) is 1. The van der Waals surface area contributed by atoms with E-state index < -0.39 is 6.03 Å². The summed E-state index contributed by atoms with van der Waals surface area (Å²) in [4.78, 5) is 24.3. The van der Waals surface area contributed by atoms with Crippen molar-refractivity contribution in [2.45, 2.75) is 25.5 Å². The van der Waals surface area contributed by atoms with Gasteiger partial charge in [0.25, 0.3) is 0 Å². The maximum atomic E-state index is 11.5. The molecule has 1 saturated heterocycles. The largest absolute Gasteiger partial charge is 0.392 e. The van der Waals surface area contributed by atoms with E-state index in [0.29, 0.717) is 19.5 Å². The summed E-state index contributed by atoms with van der Waals surface area (Å²) in [5.74, 6) is -0.344. The lowest BCUT2D eigenvalue weighted by atomic mass is 10.3. The lowest BCUT2D eigenvalue weighted by Crippen LogP contribution is -2.48. The fourth-order valence-electron chi connectivity index (χ4n) is 1.56. The third-order valence-corrected chi connectivity index (χ3v) is 2.59. The highest BCUT2D eigenvalue weighted by molar-refractivity contribution is 5.96. The van der Waals surface area contributed by atoms with Crippen molar-refractivity contribution in [3.63, 3.8) is 0 Å². The number of amides is 3. The van der Waals surface area contributed by atoms with Crippen LogP contribution in [0.25, 0.3) is 0 Å². The van der Waals surface area contributed by atoms with Crippen LogP contribution in [-0.2, 0) is 4.79 Å². The third-order valence-electron chi connectivity index (χ3n) is 2.59. The summed E-state index contributed by atoms with van der Waals surface area (Å²) in [5.41, 5.74) is 0. The molecule has 1 heterocycles. The minimum absolute atomic E-state index is 0.344. The number of nitrogens with zero attached hydrogens (tertiary/aromatic N) is 1. The minimum Gasteiger partial charge on any atom is -0.392 e. The summed E-state index contributed by atoms with van der Waals surface area (Å²) >= 11 is 0. The molecule has 2 atom stereocenters. The van der Waals surface area contributed by atoms with Gasteiger partial charge in [0.2, 0.25) is 5.91 Å². The number of aliphatic hydroxyl groups is 1. The Morgan fingerprint density at radius 1 is 1.53 bits per heavy atom. The Morgan fingerprint density at radius 3 is 2.67 bits per heavy atom. The Morgan fingerprint density at radius 2 is 2.20 bits per heavy atom. The maximum absolute atomic E-state index is 11.5. The molecule has 3 N–H and O–H groups in total. The molecule has 86 valence electrons. The van der Waals surface area contributed by atoms with Crippen molar-refractivity contribution in [3.8, 4) is 0 Å². The topological polar surface area (TPSA) is 81.7 Å². The van der Waals surface area contributed by atoms with Crippen molar-refractivity contribution < 1.29 is 14.7 Å². The van der Waals surface area contributed by atoms with Crippen LogP contribution in [0.15, 0.2) is 0 Å². The molecular weight excluding hydrogens is 198 g/mol. The second kappa shape index (κ2) is 5.09. The van der Waals surface area contributed by atoms with E-state index in [1.165, 1.54) is 7.05 Å². The van der Waals surface area contributed by atoms with Gasteiger partial charge in [0.05, 0.1) is 12.1 Å². The molecule has 1 fully saturated rings. The van der Waals surface area contributed by atoms with E-state index in [9.17, 15) is 14.7 Å². The first kappa shape index (κ1) is 11.9. The third kappa shape index (κ3) is 3.17. The summed E-state index contributed by atoms with van der Waals surface area (Å²) in [7, 11) is 1.45. The van der Waals surface area contributed by atoms with Gasteiger partial charge in [0.1, 0.15) is 0 Å². The Hall–Kier alpha value is -1.14. The predicted octanol–water partition coefficient (Wildman–Crippen LogP) is -1.10. The van der Waals surface area contributed by atoms with Crippen LogP contribution in [0.4, 0.5) is 4.79 Å². The number of rotatable bonds is 2. The zero-order chi connectivity index (χ0) is 11.4. The Kier molecular flexibility index (Phi) is 4.05. The van der Waals surface area contributed by atoms with Crippen LogP contribution in [0.1, 0.15) is 13.3 Å². The molecule has 0 aromatic heterocycles. The first-order chi connectivity index (χ1) is 7.04. The van der Waals surface area contributed by atoms with Crippen LogP contribution in [0.3, 0.4) is 0 Å². The van der Waals surface area contributed by atoms with Gasteiger partial charge in [-0.05, 0) is 13.3 Å². The van der Waals surface area contributed by atoms with Crippen LogP contribution in [0.5, 0.6) is 0 Å². The van der Waals surface area contributed by atoms with E-state index in [1.54, 1.807) is 6.92 Å². The van der Waals surface area contributed by atoms with E-state index in [2.05, 4.69) is 10.6 Å². The number of hydrogen-bond donors (Lipinski definition) is 3. The second-order valence-corrected chi connectivity index (χ2v) is 3.68. The van der Waals surface area contributed by atoms with E-state index in [-0.39, 0.29) is 18.1 Å². The number of likely N-dealkylation sites (tertiary alicyclic amines) is 1. The van der Waals surface area contributed by atoms with E-state index >= 15 is 0 Å². The fraction of sp³-hybridized carbons (Fsp3) is 0.778. The van der Waals surface area contributed by atoms with Gasteiger partial charge >= 0.3 is 6.03 Å². The highest BCUT2D eigenvalue weighted by Gasteiger charge is 2.28. The molecule has 3 amide bonds. The predicted molar refractivity (Wildman–Crippen MR) is 54.3 cm³/mol. The minimum atomic E-state index is -0.508. The quantitative estimate of drug-likeness (QED) is 0.546. The lowest BCUT2D eigenvalue weighted by Gasteiger charge is -2.22. The standard InChI is InChI=1S/C9H17N3O3/c1-6(8(14)11-9(15)10-2)12-4-3-7(13)5-12/h6-7,13H,3-5H2,1-2H3,(H2,10,11,14,15)/t6?,7-/m1/s1. The van der Waals surface area contributed by atoms with Crippen LogP contribution in [0, 0.1) is 0 Å². The second-order valence-electron chi connectivity index (χ2n) is 3.68. The van der Waals surface area contributed by atoms with Crippen LogP contribution >= 0.6 is 0 Å². The van der Waals surface area contributed by atoms with Gasteiger partial charge in [-0.15, -0.1) is 0 Å². The molecule has 1 rings (SSSR count). The molecule has 0 radical (unpaired) electrons. The molecule has 0 aromatic rings. The van der Waals surface area contributed by atoms with Crippen molar-refractivity contribution in [2.24, 2.45) is 0 Å². The SMILES string of the molecule is CNC(=O)NC(=O)C(C)N1CC[C@@H](O)C1. The molecule has 0 saturated carbocycles. The zero-order valence-electron chi connectivity index (χ0n) is 8.99. The van der Waals surface area contributed by atoms with Crippen molar-refractivity contribution in [2.75, 3.05) is 20.1 Å². The van der Waals surface area contributed by atoms with Gasteiger partial charge in [-0.1, -0.05) is 0 Å². The smallest absolute Gasteiger partial charge is 0.321 e. The van der Waals surface area contributed by atoms with Crippen LogP contribution < -0.4 is 10.6 Å². The van der Waals surface area contributed by atoms with Gasteiger partial charge in [-0.2, -0.15) is 0 Å². The van der Waals surface area contributed by atoms with Crippen molar-refractivity contribution in [1.29, 1.82) is 0 Å². The number of urea groups is 1. The molecule has 1 unspecified atom stereocenters. The monoisotopic (exact) mass is 215 g/mol. The average molecular weight is 215 g/mol. The van der Waals surface area contributed by atoms with Gasteiger partial charge < -0.3 is 10.4 Å². The summed E-state index contributed by atoms with van der Waals surface area (Å²) in [5, 5.41) is 13.8. The summed E-state index contributed by atoms with van der Waals surface area (Å²) in [6.07, 6.45) is 0.317.